The lowest BCUT2D eigenvalue weighted by Crippen LogP contribution is -2.36. The Labute approximate surface area is 129 Å². The average molecular weight is 298 g/mol. The number of ether oxygens (including phenoxy) is 1. The maximum absolute atomic E-state index is 12.1. The smallest absolute Gasteiger partial charge is 0.275 e. The average Bonchev–Trinajstić information content (AvgIpc) is 2.56. The van der Waals surface area contributed by atoms with Crippen LogP contribution in [0.2, 0.25) is 0 Å². The van der Waals surface area contributed by atoms with Crippen LogP contribution in [0.1, 0.15) is 16.2 Å². The van der Waals surface area contributed by atoms with Crippen LogP contribution < -0.4 is 10.2 Å². The zero-order valence-corrected chi connectivity index (χ0v) is 12.5. The molecule has 22 heavy (non-hydrogen) atoms. The Bertz CT molecular complexity index is 651. The number of pyridine rings is 2. The van der Waals surface area contributed by atoms with Gasteiger partial charge in [-0.25, -0.2) is 9.97 Å². The van der Waals surface area contributed by atoms with Crippen LogP contribution in [0.5, 0.6) is 0 Å². The summed E-state index contributed by atoms with van der Waals surface area (Å²) in [7, 11) is 0. The SMILES string of the molecule is Cc1cccc(C(=O)Nc2ccc(N3CCOCC3)cn2)n1. The van der Waals surface area contributed by atoms with E-state index in [2.05, 4.69) is 20.2 Å². The van der Waals surface area contributed by atoms with Crippen LogP contribution in [-0.4, -0.2) is 42.2 Å². The molecular formula is C16H18N4O2. The summed E-state index contributed by atoms with van der Waals surface area (Å²) < 4.78 is 5.33. The minimum absolute atomic E-state index is 0.254. The number of hydrogen-bond acceptors (Lipinski definition) is 5. The number of rotatable bonds is 3. The molecule has 1 fully saturated rings. The van der Waals surface area contributed by atoms with Gasteiger partial charge in [-0.3, -0.25) is 4.79 Å². The molecule has 1 amide bonds. The van der Waals surface area contributed by atoms with Crippen molar-refractivity contribution in [3.8, 4) is 0 Å². The fourth-order valence-electron chi connectivity index (χ4n) is 2.32. The Morgan fingerprint density at radius 3 is 2.73 bits per heavy atom. The van der Waals surface area contributed by atoms with Gasteiger partial charge in [-0.15, -0.1) is 0 Å². The molecular weight excluding hydrogens is 280 g/mol. The van der Waals surface area contributed by atoms with E-state index in [1.807, 2.05) is 25.1 Å². The van der Waals surface area contributed by atoms with Crippen molar-refractivity contribution in [3.05, 3.63) is 47.9 Å². The van der Waals surface area contributed by atoms with Crippen molar-refractivity contribution in [2.75, 3.05) is 36.5 Å². The normalized spacial score (nSPS) is 14.7. The second-order valence-electron chi connectivity index (χ2n) is 5.12. The van der Waals surface area contributed by atoms with Gasteiger partial charge in [0.25, 0.3) is 5.91 Å². The third kappa shape index (κ3) is 3.40. The number of amides is 1. The van der Waals surface area contributed by atoms with Crippen molar-refractivity contribution in [3.63, 3.8) is 0 Å². The van der Waals surface area contributed by atoms with Crippen LogP contribution in [0, 0.1) is 6.92 Å². The number of aromatic nitrogens is 2. The van der Waals surface area contributed by atoms with Gasteiger partial charge in [0, 0.05) is 18.8 Å². The molecule has 0 radical (unpaired) electrons. The second kappa shape index (κ2) is 6.53. The highest BCUT2D eigenvalue weighted by Gasteiger charge is 2.12. The first-order valence-electron chi connectivity index (χ1n) is 7.26. The quantitative estimate of drug-likeness (QED) is 0.937. The van der Waals surface area contributed by atoms with Crippen LogP contribution in [-0.2, 0) is 4.74 Å². The summed E-state index contributed by atoms with van der Waals surface area (Å²) in [5.74, 6) is 0.264. The summed E-state index contributed by atoms with van der Waals surface area (Å²) in [6.07, 6.45) is 1.77. The van der Waals surface area contributed by atoms with E-state index in [-0.39, 0.29) is 5.91 Å². The van der Waals surface area contributed by atoms with Crippen molar-refractivity contribution in [2.24, 2.45) is 0 Å². The van der Waals surface area contributed by atoms with Gasteiger partial charge >= 0.3 is 0 Å². The van der Waals surface area contributed by atoms with E-state index in [0.717, 1.165) is 37.7 Å². The molecule has 0 spiro atoms. The maximum atomic E-state index is 12.1. The summed E-state index contributed by atoms with van der Waals surface area (Å²) in [6, 6.07) is 9.11. The number of hydrogen-bond donors (Lipinski definition) is 1. The van der Waals surface area contributed by atoms with Gasteiger partial charge in [-0.05, 0) is 31.2 Å². The highest BCUT2D eigenvalue weighted by molar-refractivity contribution is 6.02. The molecule has 2 aromatic heterocycles. The van der Waals surface area contributed by atoms with Crippen molar-refractivity contribution in [1.29, 1.82) is 0 Å². The summed E-state index contributed by atoms with van der Waals surface area (Å²) in [5.41, 5.74) is 2.23. The molecule has 114 valence electrons. The molecule has 0 saturated carbocycles. The first-order valence-corrected chi connectivity index (χ1v) is 7.26. The van der Waals surface area contributed by atoms with Crippen molar-refractivity contribution in [1.82, 2.24) is 9.97 Å². The number of carbonyl (C=O) groups excluding carboxylic acids is 1. The highest BCUT2D eigenvalue weighted by atomic mass is 16.5. The first-order chi connectivity index (χ1) is 10.7. The molecule has 0 unspecified atom stereocenters. The van der Waals surface area contributed by atoms with E-state index in [1.54, 1.807) is 18.3 Å². The fraction of sp³-hybridized carbons (Fsp3) is 0.312. The van der Waals surface area contributed by atoms with Gasteiger partial charge in [0.2, 0.25) is 0 Å². The standard InChI is InChI=1S/C16H18N4O2/c1-12-3-2-4-14(18-12)16(21)19-15-6-5-13(11-17-15)20-7-9-22-10-8-20/h2-6,11H,7-10H2,1H3,(H,17,19,21). The molecule has 1 N–H and O–H groups in total. The minimum atomic E-state index is -0.254. The van der Waals surface area contributed by atoms with E-state index in [4.69, 9.17) is 4.74 Å². The highest BCUT2D eigenvalue weighted by Crippen LogP contribution is 2.16. The number of morpholine rings is 1. The molecule has 0 bridgehead atoms. The third-order valence-electron chi connectivity index (χ3n) is 3.49. The third-order valence-corrected chi connectivity index (χ3v) is 3.49. The number of aryl methyl sites for hydroxylation is 1. The molecule has 6 heteroatoms. The lowest BCUT2D eigenvalue weighted by Gasteiger charge is -2.28. The summed E-state index contributed by atoms with van der Waals surface area (Å²) >= 11 is 0. The summed E-state index contributed by atoms with van der Waals surface area (Å²) in [5, 5.41) is 2.76. The van der Waals surface area contributed by atoms with Crippen LogP contribution >= 0.6 is 0 Å². The van der Waals surface area contributed by atoms with Crippen LogP contribution in [0.15, 0.2) is 36.5 Å². The number of nitrogens with one attached hydrogen (secondary N) is 1. The molecule has 1 saturated heterocycles. The van der Waals surface area contributed by atoms with E-state index < -0.39 is 0 Å². The number of carbonyl (C=O) groups is 1. The molecule has 1 aliphatic heterocycles. The summed E-state index contributed by atoms with van der Waals surface area (Å²) in [6.45, 7) is 5.04. The first kappa shape index (κ1) is 14.5. The Balaban J connectivity index is 1.66. The zero-order valence-electron chi connectivity index (χ0n) is 12.5. The Kier molecular flexibility index (Phi) is 4.29. The predicted molar refractivity (Wildman–Crippen MR) is 84.2 cm³/mol. The largest absolute Gasteiger partial charge is 0.378 e. The van der Waals surface area contributed by atoms with Crippen molar-refractivity contribution < 1.29 is 9.53 Å². The topological polar surface area (TPSA) is 67.4 Å². The van der Waals surface area contributed by atoms with Gasteiger partial charge < -0.3 is 15.0 Å². The molecule has 0 aromatic carbocycles. The molecule has 0 aliphatic carbocycles. The zero-order chi connectivity index (χ0) is 15.4. The fourth-order valence-corrected chi connectivity index (χ4v) is 2.32. The Morgan fingerprint density at radius 2 is 2.05 bits per heavy atom. The second-order valence-corrected chi connectivity index (χ2v) is 5.12. The molecule has 2 aromatic rings. The van der Waals surface area contributed by atoms with Gasteiger partial charge in [0.15, 0.2) is 0 Å². The summed E-state index contributed by atoms with van der Waals surface area (Å²) in [4.78, 5) is 22.8. The number of nitrogens with zero attached hydrogens (tertiary/aromatic N) is 3. The molecule has 3 heterocycles. The lowest BCUT2D eigenvalue weighted by molar-refractivity contribution is 0.102. The van der Waals surface area contributed by atoms with E-state index >= 15 is 0 Å². The maximum Gasteiger partial charge on any atom is 0.275 e. The number of anilines is 2. The molecule has 3 rings (SSSR count). The van der Waals surface area contributed by atoms with Crippen LogP contribution in [0.25, 0.3) is 0 Å². The predicted octanol–water partition coefficient (Wildman–Crippen LogP) is 1.87. The molecule has 6 nitrogen and oxygen atoms in total. The van der Waals surface area contributed by atoms with Crippen molar-refractivity contribution in [2.45, 2.75) is 6.92 Å². The van der Waals surface area contributed by atoms with Gasteiger partial charge in [-0.1, -0.05) is 6.07 Å². The van der Waals surface area contributed by atoms with Crippen LogP contribution in [0.3, 0.4) is 0 Å². The van der Waals surface area contributed by atoms with Crippen LogP contribution in [0.4, 0.5) is 11.5 Å². The van der Waals surface area contributed by atoms with Gasteiger partial charge in [0.1, 0.15) is 11.5 Å². The van der Waals surface area contributed by atoms with Gasteiger partial charge in [0.05, 0.1) is 25.1 Å². The Hall–Kier alpha value is -2.47. The monoisotopic (exact) mass is 298 g/mol. The molecule has 1 aliphatic rings. The van der Waals surface area contributed by atoms with E-state index in [0.29, 0.717) is 11.5 Å². The lowest BCUT2D eigenvalue weighted by atomic mass is 10.3. The van der Waals surface area contributed by atoms with E-state index in [9.17, 15) is 4.79 Å². The minimum Gasteiger partial charge on any atom is -0.378 e. The molecule has 0 atom stereocenters. The van der Waals surface area contributed by atoms with Gasteiger partial charge in [-0.2, -0.15) is 0 Å². The van der Waals surface area contributed by atoms with Crippen molar-refractivity contribution >= 4 is 17.4 Å². The Morgan fingerprint density at radius 1 is 1.23 bits per heavy atom. The van der Waals surface area contributed by atoms with E-state index in [1.165, 1.54) is 0 Å².